The monoisotopic (exact) mass is 224 g/mol. The highest BCUT2D eigenvalue weighted by molar-refractivity contribution is 9.12. The summed E-state index contributed by atoms with van der Waals surface area (Å²) in [4.78, 5) is 2.68. The van der Waals surface area contributed by atoms with Crippen molar-refractivity contribution >= 4 is 15.9 Å². The van der Waals surface area contributed by atoms with Gasteiger partial charge in [0.2, 0.25) is 0 Å². The summed E-state index contributed by atoms with van der Waals surface area (Å²) < 4.78 is 5.03. The van der Waals surface area contributed by atoms with Gasteiger partial charge in [-0.3, -0.25) is 0 Å². The van der Waals surface area contributed by atoms with Crippen molar-refractivity contribution in [2.75, 3.05) is 7.11 Å². The molecule has 12 heavy (non-hydrogen) atoms. The molecule has 0 bridgehead atoms. The third-order valence-electron chi connectivity index (χ3n) is 1.52. The summed E-state index contributed by atoms with van der Waals surface area (Å²) in [5.41, 5.74) is 1.20. The zero-order valence-corrected chi connectivity index (χ0v) is 8.39. The third kappa shape index (κ3) is 2.60. The zero-order chi connectivity index (χ0) is 8.81. The Balaban J connectivity index is 2.69. The largest absolute Gasteiger partial charge is 0.497 e. The van der Waals surface area contributed by atoms with E-state index in [0.29, 0.717) is 0 Å². The van der Waals surface area contributed by atoms with Crippen LogP contribution in [0.4, 0.5) is 0 Å². The van der Waals surface area contributed by atoms with Gasteiger partial charge in [-0.15, -0.1) is 0 Å². The molecule has 0 aliphatic heterocycles. The molecule has 0 radical (unpaired) electrons. The average molecular weight is 225 g/mol. The van der Waals surface area contributed by atoms with Crippen LogP contribution in [0, 0.1) is 10.8 Å². The quantitative estimate of drug-likeness (QED) is 0.703. The number of benzene rings is 1. The molecular formula is C10H9BrO. The lowest BCUT2D eigenvalue weighted by atomic mass is 10.1. The van der Waals surface area contributed by atoms with Crippen molar-refractivity contribution in [1.29, 1.82) is 0 Å². The second-order valence-corrected chi connectivity index (χ2v) is 2.69. The van der Waals surface area contributed by atoms with Gasteiger partial charge < -0.3 is 4.74 Å². The summed E-state index contributed by atoms with van der Waals surface area (Å²) in [6, 6.07) is 7.89. The van der Waals surface area contributed by atoms with Gasteiger partial charge in [0.05, 0.1) is 7.11 Å². The highest BCUT2D eigenvalue weighted by atomic mass is 79.9. The molecule has 0 aliphatic rings. The van der Waals surface area contributed by atoms with Crippen LogP contribution in [-0.2, 0) is 6.42 Å². The smallest absolute Gasteiger partial charge is 0.118 e. The lowest BCUT2D eigenvalue weighted by Crippen LogP contribution is -1.84. The van der Waals surface area contributed by atoms with E-state index in [1.807, 2.05) is 24.3 Å². The zero-order valence-electron chi connectivity index (χ0n) is 6.80. The fourth-order valence-electron chi connectivity index (χ4n) is 0.879. The normalized spacial score (nSPS) is 8.50. The van der Waals surface area contributed by atoms with Gasteiger partial charge in [0.25, 0.3) is 0 Å². The minimum atomic E-state index is 0.773. The Bertz CT molecular complexity index is 292. The second kappa shape index (κ2) is 4.84. The van der Waals surface area contributed by atoms with E-state index >= 15 is 0 Å². The van der Waals surface area contributed by atoms with E-state index in [1.54, 1.807) is 7.11 Å². The number of halogens is 1. The molecule has 0 heterocycles. The molecule has 0 atom stereocenters. The molecule has 1 nitrogen and oxygen atoms in total. The maximum absolute atomic E-state index is 5.03. The van der Waals surface area contributed by atoms with Crippen molar-refractivity contribution in [1.82, 2.24) is 0 Å². The van der Waals surface area contributed by atoms with Crippen LogP contribution in [0.1, 0.15) is 5.56 Å². The molecule has 1 aromatic rings. The molecule has 0 fully saturated rings. The average Bonchev–Trinajstić information content (AvgIpc) is 2.15. The van der Waals surface area contributed by atoms with Crippen LogP contribution in [-0.4, -0.2) is 7.11 Å². The number of ether oxygens (including phenoxy) is 1. The molecule has 1 aromatic carbocycles. The van der Waals surface area contributed by atoms with Crippen LogP contribution in [0.15, 0.2) is 24.3 Å². The van der Waals surface area contributed by atoms with E-state index in [1.165, 1.54) is 5.56 Å². The Morgan fingerprint density at radius 2 is 2.00 bits per heavy atom. The van der Waals surface area contributed by atoms with Gasteiger partial charge in [0.15, 0.2) is 0 Å². The molecule has 2 heteroatoms. The van der Waals surface area contributed by atoms with Crippen molar-refractivity contribution in [2.45, 2.75) is 6.42 Å². The second-order valence-electron chi connectivity index (χ2n) is 2.30. The topological polar surface area (TPSA) is 9.23 Å². The number of methoxy groups -OCH3 is 1. The van der Waals surface area contributed by atoms with Crippen LogP contribution in [0.5, 0.6) is 5.75 Å². The SMILES string of the molecule is COc1ccc(CC#CBr)cc1. The summed E-state index contributed by atoms with van der Waals surface area (Å²) in [7, 11) is 1.66. The van der Waals surface area contributed by atoms with Crippen LogP contribution in [0.3, 0.4) is 0 Å². The molecule has 0 amide bonds. The van der Waals surface area contributed by atoms with Gasteiger partial charge in [0, 0.05) is 22.4 Å². The molecule has 0 spiro atoms. The Hall–Kier alpha value is -0.940. The molecule has 1 rings (SSSR count). The van der Waals surface area contributed by atoms with Crippen molar-refractivity contribution in [2.24, 2.45) is 0 Å². The summed E-state index contributed by atoms with van der Waals surface area (Å²) >= 11 is 3.05. The number of hydrogen-bond donors (Lipinski definition) is 0. The van der Waals surface area contributed by atoms with E-state index in [2.05, 4.69) is 26.7 Å². The molecular weight excluding hydrogens is 216 g/mol. The van der Waals surface area contributed by atoms with E-state index < -0.39 is 0 Å². The highest BCUT2D eigenvalue weighted by Gasteiger charge is 1.90. The van der Waals surface area contributed by atoms with E-state index in [0.717, 1.165) is 12.2 Å². The molecule has 62 valence electrons. The molecule has 0 aliphatic carbocycles. The van der Waals surface area contributed by atoms with E-state index in [-0.39, 0.29) is 0 Å². The summed E-state index contributed by atoms with van der Waals surface area (Å²) in [6.45, 7) is 0. The van der Waals surface area contributed by atoms with E-state index in [4.69, 9.17) is 4.74 Å². The maximum atomic E-state index is 5.03. The predicted octanol–water partition coefficient (Wildman–Crippen LogP) is 2.59. The van der Waals surface area contributed by atoms with Gasteiger partial charge >= 0.3 is 0 Å². The Morgan fingerprint density at radius 1 is 1.33 bits per heavy atom. The standard InChI is InChI=1S/C10H9BrO/c1-12-10-6-4-9(5-7-10)3-2-8-11/h4-7H,3H2,1H3. The van der Waals surface area contributed by atoms with Gasteiger partial charge in [-0.25, -0.2) is 0 Å². The highest BCUT2D eigenvalue weighted by Crippen LogP contribution is 2.11. The predicted molar refractivity (Wildman–Crippen MR) is 53.4 cm³/mol. The molecule has 0 unspecified atom stereocenters. The van der Waals surface area contributed by atoms with Gasteiger partial charge in [0.1, 0.15) is 5.75 Å². The third-order valence-corrected chi connectivity index (χ3v) is 1.80. The minimum absolute atomic E-state index is 0.773. The van der Waals surface area contributed by atoms with Crippen molar-refractivity contribution in [3.05, 3.63) is 29.8 Å². The first-order valence-electron chi connectivity index (χ1n) is 3.58. The van der Waals surface area contributed by atoms with Gasteiger partial charge in [-0.05, 0) is 22.5 Å². The maximum Gasteiger partial charge on any atom is 0.118 e. The van der Waals surface area contributed by atoms with Crippen molar-refractivity contribution < 1.29 is 4.74 Å². The summed E-state index contributed by atoms with van der Waals surface area (Å²) in [5, 5.41) is 0. The fraction of sp³-hybridized carbons (Fsp3) is 0.200. The first-order chi connectivity index (χ1) is 5.86. The van der Waals surface area contributed by atoms with Gasteiger partial charge in [-0.2, -0.15) is 0 Å². The summed E-state index contributed by atoms with van der Waals surface area (Å²) in [6.07, 6.45) is 0.773. The van der Waals surface area contributed by atoms with Crippen LogP contribution >= 0.6 is 15.9 Å². The van der Waals surface area contributed by atoms with Crippen molar-refractivity contribution in [3.8, 4) is 16.5 Å². The number of rotatable bonds is 2. The molecule has 0 saturated carbocycles. The minimum Gasteiger partial charge on any atom is -0.497 e. The van der Waals surface area contributed by atoms with Crippen LogP contribution in [0.25, 0.3) is 0 Å². The van der Waals surface area contributed by atoms with E-state index in [9.17, 15) is 0 Å². The molecule has 0 aromatic heterocycles. The first-order valence-corrected chi connectivity index (χ1v) is 4.37. The lowest BCUT2D eigenvalue weighted by Gasteiger charge is -1.99. The molecule has 0 N–H and O–H groups in total. The molecule has 0 saturated heterocycles. The Labute approximate surface area is 80.9 Å². The Morgan fingerprint density at radius 3 is 2.50 bits per heavy atom. The van der Waals surface area contributed by atoms with Gasteiger partial charge in [-0.1, -0.05) is 18.1 Å². The summed E-state index contributed by atoms with van der Waals surface area (Å²) in [5.74, 6) is 3.81. The van der Waals surface area contributed by atoms with Crippen LogP contribution in [0.2, 0.25) is 0 Å². The Kier molecular flexibility index (Phi) is 3.69. The first kappa shape index (κ1) is 9.15. The lowest BCUT2D eigenvalue weighted by molar-refractivity contribution is 0.414. The number of hydrogen-bond acceptors (Lipinski definition) is 1. The van der Waals surface area contributed by atoms with Crippen molar-refractivity contribution in [3.63, 3.8) is 0 Å². The fourth-order valence-corrected chi connectivity index (χ4v) is 1.02. The van der Waals surface area contributed by atoms with Crippen LogP contribution < -0.4 is 4.74 Å².